The number of aryl methyl sites for hydroxylation is 1. The van der Waals surface area contributed by atoms with Crippen LogP contribution in [-0.4, -0.2) is 0 Å². The zero-order chi connectivity index (χ0) is 16.5. The van der Waals surface area contributed by atoms with Crippen LogP contribution in [0.3, 0.4) is 0 Å². The average Bonchev–Trinajstić information content (AvgIpc) is 3.25. The second kappa shape index (κ2) is 4.42. The molecule has 2 aromatic heterocycles. The lowest BCUT2D eigenvalue weighted by molar-refractivity contribution is 0.581. The van der Waals surface area contributed by atoms with Gasteiger partial charge in [-0.1, -0.05) is 36.4 Å². The molecule has 0 saturated heterocycles. The van der Waals surface area contributed by atoms with Gasteiger partial charge in [-0.2, -0.15) is 0 Å². The summed E-state index contributed by atoms with van der Waals surface area (Å²) < 4.78 is 11.7. The van der Waals surface area contributed by atoms with Crippen LogP contribution in [0.5, 0.6) is 0 Å². The summed E-state index contributed by atoms with van der Waals surface area (Å²) in [4.78, 5) is 0. The van der Waals surface area contributed by atoms with E-state index in [4.69, 9.17) is 8.83 Å². The Balaban J connectivity index is 1.83. The molecule has 0 N–H and O–H groups in total. The highest BCUT2D eigenvalue weighted by molar-refractivity contribution is 6.23. The second-order valence-corrected chi connectivity index (χ2v) is 6.66. The summed E-state index contributed by atoms with van der Waals surface area (Å²) in [5.41, 5.74) is 1.93. The van der Waals surface area contributed by atoms with Gasteiger partial charge in [0.15, 0.2) is 0 Å². The highest BCUT2D eigenvalue weighted by Crippen LogP contribution is 2.37. The smallest absolute Gasteiger partial charge is 0.142 e. The molecule has 0 radical (unpaired) electrons. The Morgan fingerprint density at radius 2 is 1.12 bits per heavy atom. The van der Waals surface area contributed by atoms with Gasteiger partial charge in [-0.15, -0.1) is 0 Å². The molecule has 6 aromatic rings. The Bertz CT molecular complexity index is 1450. The lowest BCUT2D eigenvalue weighted by atomic mass is 9.95. The molecule has 0 saturated carbocycles. The van der Waals surface area contributed by atoms with E-state index >= 15 is 0 Å². The fraction of sp³-hybridized carbons (Fsp3) is 0.0435. The number of benzene rings is 4. The van der Waals surface area contributed by atoms with Crippen molar-refractivity contribution in [2.45, 2.75) is 6.92 Å². The van der Waals surface area contributed by atoms with Gasteiger partial charge in [0, 0.05) is 21.5 Å². The Hall–Kier alpha value is -3.26. The predicted octanol–water partition coefficient (Wildman–Crippen LogP) is 6.95. The zero-order valence-corrected chi connectivity index (χ0v) is 13.7. The molecule has 2 heteroatoms. The van der Waals surface area contributed by atoms with E-state index < -0.39 is 0 Å². The highest BCUT2D eigenvalue weighted by Gasteiger charge is 2.11. The van der Waals surface area contributed by atoms with Crippen LogP contribution in [0.25, 0.3) is 54.3 Å². The predicted molar refractivity (Wildman–Crippen MR) is 103 cm³/mol. The maximum atomic E-state index is 5.95. The van der Waals surface area contributed by atoms with Crippen LogP contribution in [-0.2, 0) is 0 Å². The van der Waals surface area contributed by atoms with Crippen molar-refractivity contribution in [2.75, 3.05) is 0 Å². The Labute approximate surface area is 143 Å². The Kier molecular flexibility index (Phi) is 2.31. The van der Waals surface area contributed by atoms with Gasteiger partial charge < -0.3 is 8.83 Å². The molecule has 0 unspecified atom stereocenters. The standard InChI is InChI=1S/C23H14O2/c1-13-12-15-3-5-19-17-6-8-20-18(4-2-14-10-11-24-22(14)20)16(17)7-9-21(19)23(15)25-13/h2-12H,1H3. The molecule has 0 aliphatic carbocycles. The third kappa shape index (κ3) is 1.64. The number of furan rings is 2. The van der Waals surface area contributed by atoms with E-state index in [9.17, 15) is 0 Å². The van der Waals surface area contributed by atoms with E-state index in [1.807, 2.05) is 13.0 Å². The molecule has 6 rings (SSSR count). The maximum Gasteiger partial charge on any atom is 0.142 e. The maximum absolute atomic E-state index is 5.95. The van der Waals surface area contributed by atoms with Gasteiger partial charge in [0.1, 0.15) is 16.9 Å². The molecule has 25 heavy (non-hydrogen) atoms. The number of rotatable bonds is 0. The lowest BCUT2D eigenvalue weighted by Crippen LogP contribution is -1.82. The minimum atomic E-state index is 0.946. The average molecular weight is 322 g/mol. The quantitative estimate of drug-likeness (QED) is 0.283. The van der Waals surface area contributed by atoms with E-state index in [-0.39, 0.29) is 0 Å². The van der Waals surface area contributed by atoms with E-state index in [2.05, 4.69) is 54.6 Å². The van der Waals surface area contributed by atoms with Crippen LogP contribution in [0.4, 0.5) is 0 Å². The van der Waals surface area contributed by atoms with Crippen molar-refractivity contribution in [1.29, 1.82) is 0 Å². The molecule has 0 aliphatic rings. The first-order valence-electron chi connectivity index (χ1n) is 8.44. The molecule has 0 aliphatic heterocycles. The van der Waals surface area contributed by atoms with Gasteiger partial charge in [0.25, 0.3) is 0 Å². The summed E-state index contributed by atoms with van der Waals surface area (Å²) in [5.74, 6) is 0.946. The van der Waals surface area contributed by atoms with Crippen molar-refractivity contribution in [3.8, 4) is 0 Å². The van der Waals surface area contributed by atoms with Crippen LogP contribution in [0, 0.1) is 6.92 Å². The van der Waals surface area contributed by atoms with E-state index in [1.54, 1.807) is 6.26 Å². The molecule has 0 atom stereocenters. The third-order valence-electron chi connectivity index (χ3n) is 5.21. The molecule has 2 heterocycles. The van der Waals surface area contributed by atoms with Crippen molar-refractivity contribution in [2.24, 2.45) is 0 Å². The monoisotopic (exact) mass is 322 g/mol. The van der Waals surface area contributed by atoms with Crippen molar-refractivity contribution in [1.82, 2.24) is 0 Å². The van der Waals surface area contributed by atoms with Gasteiger partial charge >= 0.3 is 0 Å². The molecule has 0 amide bonds. The topological polar surface area (TPSA) is 26.3 Å². The summed E-state index contributed by atoms with van der Waals surface area (Å²) in [6.45, 7) is 2.00. The van der Waals surface area contributed by atoms with Gasteiger partial charge in [-0.3, -0.25) is 0 Å². The van der Waals surface area contributed by atoms with Crippen molar-refractivity contribution < 1.29 is 8.83 Å². The van der Waals surface area contributed by atoms with E-state index in [1.165, 1.54) is 21.5 Å². The van der Waals surface area contributed by atoms with E-state index in [0.717, 1.165) is 38.5 Å². The van der Waals surface area contributed by atoms with Crippen LogP contribution in [0.2, 0.25) is 0 Å². The van der Waals surface area contributed by atoms with Crippen molar-refractivity contribution in [3.05, 3.63) is 72.7 Å². The summed E-state index contributed by atoms with van der Waals surface area (Å²) in [7, 11) is 0. The number of fused-ring (bicyclic) bond motifs is 9. The first-order chi connectivity index (χ1) is 12.3. The fourth-order valence-electron chi connectivity index (χ4n) is 4.09. The molecule has 4 aromatic carbocycles. The molecule has 0 spiro atoms. The number of hydrogen-bond acceptors (Lipinski definition) is 2. The first-order valence-corrected chi connectivity index (χ1v) is 8.44. The van der Waals surface area contributed by atoms with Crippen LogP contribution in [0.1, 0.15) is 5.76 Å². The third-order valence-corrected chi connectivity index (χ3v) is 5.21. The van der Waals surface area contributed by atoms with Gasteiger partial charge in [0.2, 0.25) is 0 Å². The largest absolute Gasteiger partial charge is 0.464 e. The van der Waals surface area contributed by atoms with Crippen molar-refractivity contribution >= 4 is 54.3 Å². The molecular formula is C23H14O2. The first kappa shape index (κ1) is 13.1. The zero-order valence-electron chi connectivity index (χ0n) is 13.7. The van der Waals surface area contributed by atoms with Crippen LogP contribution < -0.4 is 0 Å². The summed E-state index contributed by atoms with van der Waals surface area (Å²) in [5, 5.41) is 9.54. The highest BCUT2D eigenvalue weighted by atomic mass is 16.3. The molecule has 0 fully saturated rings. The molecule has 2 nitrogen and oxygen atoms in total. The molecular weight excluding hydrogens is 308 g/mol. The Morgan fingerprint density at radius 3 is 1.88 bits per heavy atom. The number of hydrogen-bond donors (Lipinski definition) is 0. The van der Waals surface area contributed by atoms with Gasteiger partial charge in [-0.25, -0.2) is 0 Å². The molecule has 118 valence electrons. The van der Waals surface area contributed by atoms with Gasteiger partial charge in [0.05, 0.1) is 6.26 Å². The SMILES string of the molecule is Cc1cc2ccc3c4ccc5c(ccc6ccoc65)c4ccc3c2o1. The van der Waals surface area contributed by atoms with Gasteiger partial charge in [-0.05, 0) is 52.7 Å². The molecule has 0 bridgehead atoms. The normalized spacial score (nSPS) is 12.2. The second-order valence-electron chi connectivity index (χ2n) is 6.66. The summed E-state index contributed by atoms with van der Waals surface area (Å²) in [6.07, 6.45) is 1.75. The minimum absolute atomic E-state index is 0.946. The summed E-state index contributed by atoms with van der Waals surface area (Å²) >= 11 is 0. The van der Waals surface area contributed by atoms with Crippen molar-refractivity contribution in [3.63, 3.8) is 0 Å². The van der Waals surface area contributed by atoms with Crippen LogP contribution in [0.15, 0.2) is 75.8 Å². The fourth-order valence-corrected chi connectivity index (χ4v) is 4.09. The Morgan fingerprint density at radius 1 is 0.560 bits per heavy atom. The minimum Gasteiger partial charge on any atom is -0.464 e. The van der Waals surface area contributed by atoms with E-state index in [0.29, 0.717) is 0 Å². The lowest BCUT2D eigenvalue weighted by Gasteiger charge is -2.08. The van der Waals surface area contributed by atoms with Crippen LogP contribution >= 0.6 is 0 Å². The summed E-state index contributed by atoms with van der Waals surface area (Å²) in [6, 6.07) is 21.5.